The zero-order chi connectivity index (χ0) is 18.9. The largest absolute Gasteiger partial charge is 0.497 e. The minimum atomic E-state index is -4.36. The SMILES string of the molecule is COc1ccc(CSc2nc3ccc(C(F)(F)F)cc3[nH]2)c(N(C)C)c1. The zero-order valence-corrected chi connectivity index (χ0v) is 15.3. The van der Waals surface area contributed by atoms with Gasteiger partial charge in [-0.25, -0.2) is 4.98 Å². The van der Waals surface area contributed by atoms with Crippen LogP contribution in [-0.2, 0) is 11.9 Å². The average Bonchev–Trinajstić information content (AvgIpc) is 3.01. The maximum Gasteiger partial charge on any atom is 0.416 e. The van der Waals surface area contributed by atoms with Gasteiger partial charge in [0, 0.05) is 31.6 Å². The van der Waals surface area contributed by atoms with E-state index < -0.39 is 11.7 Å². The summed E-state index contributed by atoms with van der Waals surface area (Å²) >= 11 is 1.44. The normalized spacial score (nSPS) is 11.8. The number of H-pyrrole nitrogens is 1. The van der Waals surface area contributed by atoms with Crippen LogP contribution < -0.4 is 9.64 Å². The van der Waals surface area contributed by atoms with Crippen LogP contribution >= 0.6 is 11.8 Å². The maximum absolute atomic E-state index is 12.8. The van der Waals surface area contributed by atoms with Gasteiger partial charge in [-0.2, -0.15) is 13.2 Å². The minimum Gasteiger partial charge on any atom is -0.497 e. The number of nitrogens with zero attached hydrogens (tertiary/aromatic N) is 2. The first-order valence-electron chi connectivity index (χ1n) is 7.82. The lowest BCUT2D eigenvalue weighted by molar-refractivity contribution is -0.137. The number of aromatic amines is 1. The van der Waals surface area contributed by atoms with E-state index in [9.17, 15) is 13.2 Å². The topological polar surface area (TPSA) is 41.1 Å². The first-order valence-corrected chi connectivity index (χ1v) is 8.80. The smallest absolute Gasteiger partial charge is 0.416 e. The van der Waals surface area contributed by atoms with Crippen LogP contribution in [0.4, 0.5) is 18.9 Å². The Labute approximate surface area is 153 Å². The molecule has 0 aliphatic heterocycles. The van der Waals surface area contributed by atoms with E-state index in [-0.39, 0.29) is 0 Å². The summed E-state index contributed by atoms with van der Waals surface area (Å²) in [6.07, 6.45) is -4.36. The summed E-state index contributed by atoms with van der Waals surface area (Å²) < 4.78 is 43.7. The second-order valence-corrected chi connectivity index (χ2v) is 6.91. The van der Waals surface area contributed by atoms with Crippen LogP contribution in [-0.4, -0.2) is 31.2 Å². The molecule has 0 amide bonds. The fourth-order valence-electron chi connectivity index (χ4n) is 2.59. The summed E-state index contributed by atoms with van der Waals surface area (Å²) in [5, 5.41) is 0.583. The summed E-state index contributed by atoms with van der Waals surface area (Å²) in [6, 6.07) is 9.33. The molecule has 0 bridgehead atoms. The molecule has 0 spiro atoms. The van der Waals surface area contributed by atoms with Crippen molar-refractivity contribution in [1.82, 2.24) is 9.97 Å². The van der Waals surface area contributed by atoms with Gasteiger partial charge >= 0.3 is 6.18 Å². The molecule has 1 aromatic heterocycles. The Morgan fingerprint density at radius 2 is 1.92 bits per heavy atom. The van der Waals surface area contributed by atoms with E-state index in [1.165, 1.54) is 17.8 Å². The van der Waals surface area contributed by atoms with Gasteiger partial charge in [0.15, 0.2) is 5.16 Å². The van der Waals surface area contributed by atoms with E-state index in [0.29, 0.717) is 21.9 Å². The van der Waals surface area contributed by atoms with Gasteiger partial charge in [0.25, 0.3) is 0 Å². The zero-order valence-electron chi connectivity index (χ0n) is 14.5. The van der Waals surface area contributed by atoms with Gasteiger partial charge < -0.3 is 14.6 Å². The van der Waals surface area contributed by atoms with Gasteiger partial charge in [0.05, 0.1) is 23.7 Å². The monoisotopic (exact) mass is 381 g/mol. The number of halogens is 3. The number of aromatic nitrogens is 2. The molecule has 1 heterocycles. The fraction of sp³-hybridized carbons (Fsp3) is 0.278. The Kier molecular flexibility index (Phi) is 5.04. The highest BCUT2D eigenvalue weighted by atomic mass is 32.2. The lowest BCUT2D eigenvalue weighted by Gasteiger charge is -2.18. The molecule has 0 unspecified atom stereocenters. The number of fused-ring (bicyclic) bond motifs is 1. The molecule has 138 valence electrons. The van der Waals surface area contributed by atoms with Crippen LogP contribution in [0.3, 0.4) is 0 Å². The highest BCUT2D eigenvalue weighted by molar-refractivity contribution is 7.98. The van der Waals surface area contributed by atoms with Crippen LogP contribution in [0, 0.1) is 0 Å². The Morgan fingerprint density at radius 1 is 1.15 bits per heavy atom. The standard InChI is InChI=1S/C18H18F3N3OS/c1-24(2)16-9-13(25-3)6-4-11(16)10-26-17-22-14-7-5-12(18(19,20)21)8-15(14)23-17/h4-9H,10H2,1-3H3,(H,22,23). The lowest BCUT2D eigenvalue weighted by atomic mass is 10.2. The summed E-state index contributed by atoms with van der Waals surface area (Å²) in [7, 11) is 5.51. The van der Waals surface area contributed by atoms with E-state index in [1.54, 1.807) is 7.11 Å². The van der Waals surface area contributed by atoms with E-state index in [2.05, 4.69) is 9.97 Å². The van der Waals surface area contributed by atoms with Crippen molar-refractivity contribution < 1.29 is 17.9 Å². The van der Waals surface area contributed by atoms with Crippen molar-refractivity contribution in [1.29, 1.82) is 0 Å². The van der Waals surface area contributed by atoms with E-state index in [4.69, 9.17) is 4.74 Å². The number of nitrogens with one attached hydrogen (secondary N) is 1. The van der Waals surface area contributed by atoms with Gasteiger partial charge in [0.1, 0.15) is 5.75 Å². The molecular formula is C18H18F3N3OS. The third-order valence-electron chi connectivity index (χ3n) is 3.93. The molecule has 0 aliphatic carbocycles. The molecule has 0 saturated carbocycles. The van der Waals surface area contributed by atoms with Crippen molar-refractivity contribution >= 4 is 28.5 Å². The Balaban J connectivity index is 1.82. The Hall–Kier alpha value is -2.35. The number of hydrogen-bond donors (Lipinski definition) is 1. The van der Waals surface area contributed by atoms with E-state index in [1.807, 2.05) is 37.2 Å². The highest BCUT2D eigenvalue weighted by Crippen LogP contribution is 2.33. The first-order chi connectivity index (χ1) is 12.3. The van der Waals surface area contributed by atoms with Gasteiger partial charge in [0.2, 0.25) is 0 Å². The third-order valence-corrected chi connectivity index (χ3v) is 4.85. The first kappa shape index (κ1) is 18.4. The minimum absolute atomic E-state index is 0.380. The second-order valence-electron chi connectivity index (χ2n) is 5.95. The number of benzene rings is 2. The van der Waals surface area contributed by atoms with Gasteiger partial charge in [-0.3, -0.25) is 0 Å². The predicted molar refractivity (Wildman–Crippen MR) is 98.0 cm³/mol. The van der Waals surface area contributed by atoms with Crippen molar-refractivity contribution in [2.24, 2.45) is 0 Å². The van der Waals surface area contributed by atoms with Crippen molar-refractivity contribution in [2.75, 3.05) is 26.1 Å². The molecule has 3 aromatic rings. The fourth-order valence-corrected chi connectivity index (χ4v) is 3.47. The van der Waals surface area contributed by atoms with Crippen molar-refractivity contribution in [2.45, 2.75) is 17.1 Å². The molecule has 3 rings (SSSR count). The van der Waals surface area contributed by atoms with Crippen LogP contribution in [0.5, 0.6) is 5.75 Å². The number of rotatable bonds is 5. The molecule has 26 heavy (non-hydrogen) atoms. The van der Waals surface area contributed by atoms with Crippen LogP contribution in [0.2, 0.25) is 0 Å². The third kappa shape index (κ3) is 3.90. The van der Waals surface area contributed by atoms with E-state index >= 15 is 0 Å². The molecule has 0 saturated heterocycles. The number of ether oxygens (including phenoxy) is 1. The summed E-state index contributed by atoms with van der Waals surface area (Å²) in [5.74, 6) is 1.40. The van der Waals surface area contributed by atoms with Crippen LogP contribution in [0.15, 0.2) is 41.6 Å². The van der Waals surface area contributed by atoms with Crippen molar-refractivity contribution in [3.05, 3.63) is 47.5 Å². The van der Waals surface area contributed by atoms with Gasteiger partial charge in [-0.15, -0.1) is 0 Å². The second kappa shape index (κ2) is 7.11. The predicted octanol–water partition coefficient (Wildman–Crippen LogP) is 4.95. The number of anilines is 1. The van der Waals surface area contributed by atoms with Gasteiger partial charge in [-0.1, -0.05) is 17.8 Å². The van der Waals surface area contributed by atoms with Crippen LogP contribution in [0.25, 0.3) is 11.0 Å². The van der Waals surface area contributed by atoms with Crippen LogP contribution in [0.1, 0.15) is 11.1 Å². The molecule has 8 heteroatoms. The molecule has 1 N–H and O–H groups in total. The maximum atomic E-state index is 12.8. The number of methoxy groups -OCH3 is 1. The summed E-state index contributed by atoms with van der Waals surface area (Å²) in [6.45, 7) is 0. The highest BCUT2D eigenvalue weighted by Gasteiger charge is 2.30. The Bertz CT molecular complexity index is 922. The lowest BCUT2D eigenvalue weighted by Crippen LogP contribution is -2.11. The number of hydrogen-bond acceptors (Lipinski definition) is 4. The van der Waals surface area contributed by atoms with E-state index in [0.717, 1.165) is 29.1 Å². The summed E-state index contributed by atoms with van der Waals surface area (Å²) in [4.78, 5) is 9.32. The molecule has 0 fully saturated rings. The molecule has 0 atom stereocenters. The van der Waals surface area contributed by atoms with Gasteiger partial charge in [-0.05, 0) is 29.8 Å². The number of thioether (sulfide) groups is 1. The molecule has 4 nitrogen and oxygen atoms in total. The van der Waals surface area contributed by atoms with Crippen molar-refractivity contribution in [3.63, 3.8) is 0 Å². The molecule has 2 aromatic carbocycles. The molecular weight excluding hydrogens is 363 g/mol. The van der Waals surface area contributed by atoms with Crippen molar-refractivity contribution in [3.8, 4) is 5.75 Å². The molecule has 0 radical (unpaired) electrons. The number of imidazole rings is 1. The number of alkyl halides is 3. The Morgan fingerprint density at radius 3 is 2.58 bits per heavy atom. The quantitative estimate of drug-likeness (QED) is 0.635. The average molecular weight is 381 g/mol. The molecule has 0 aliphatic rings. The summed E-state index contributed by atoms with van der Waals surface area (Å²) in [5.41, 5.74) is 2.31.